The van der Waals surface area contributed by atoms with Gasteiger partial charge in [0.15, 0.2) is 0 Å². The topological polar surface area (TPSA) is 68.1 Å². The van der Waals surface area contributed by atoms with Gasteiger partial charge in [0.2, 0.25) is 0 Å². The van der Waals surface area contributed by atoms with Crippen molar-refractivity contribution in [1.29, 1.82) is 0 Å². The van der Waals surface area contributed by atoms with E-state index in [1.165, 1.54) is 12.3 Å². The second-order valence-electron chi connectivity index (χ2n) is 2.95. The number of aromatic nitrogens is 1. The summed E-state index contributed by atoms with van der Waals surface area (Å²) in [6, 6.07) is 3.04. The second kappa shape index (κ2) is 6.84. The van der Waals surface area contributed by atoms with Gasteiger partial charge in [-0.1, -0.05) is 6.08 Å². The molecule has 86 valence electrons. The molecule has 1 rings (SSSR count). The number of nitrogens with one attached hydrogen (secondary N) is 1. The Morgan fingerprint density at radius 3 is 3.00 bits per heavy atom. The van der Waals surface area contributed by atoms with Gasteiger partial charge in [0.25, 0.3) is 5.69 Å². The van der Waals surface area contributed by atoms with E-state index in [0.29, 0.717) is 5.82 Å². The minimum absolute atomic E-state index is 0.00609. The van der Waals surface area contributed by atoms with E-state index < -0.39 is 4.92 Å². The summed E-state index contributed by atoms with van der Waals surface area (Å²) in [7, 11) is 0. The third kappa shape index (κ3) is 4.31. The fourth-order valence-corrected chi connectivity index (χ4v) is 1.60. The molecule has 0 radical (unpaired) electrons. The van der Waals surface area contributed by atoms with Gasteiger partial charge < -0.3 is 5.32 Å². The Kier molecular flexibility index (Phi) is 5.35. The molecule has 0 aromatic carbocycles. The van der Waals surface area contributed by atoms with Crippen molar-refractivity contribution in [3.8, 4) is 0 Å². The smallest absolute Gasteiger partial charge is 0.287 e. The molecule has 0 spiro atoms. The molecule has 16 heavy (non-hydrogen) atoms. The van der Waals surface area contributed by atoms with Crippen molar-refractivity contribution < 1.29 is 4.92 Å². The fraction of sp³-hybridized carbons (Fsp3) is 0.300. The van der Waals surface area contributed by atoms with Crippen LogP contribution in [0.2, 0.25) is 0 Å². The highest BCUT2D eigenvalue weighted by atomic mass is 32.2. The van der Waals surface area contributed by atoms with Crippen LogP contribution in [-0.2, 0) is 0 Å². The van der Waals surface area contributed by atoms with Crippen LogP contribution in [0.1, 0.15) is 0 Å². The van der Waals surface area contributed by atoms with Crippen molar-refractivity contribution >= 4 is 23.3 Å². The minimum atomic E-state index is -0.462. The Morgan fingerprint density at radius 2 is 2.44 bits per heavy atom. The maximum absolute atomic E-state index is 10.4. The summed E-state index contributed by atoms with van der Waals surface area (Å²) in [4.78, 5) is 13.9. The molecule has 0 unspecified atom stereocenters. The first-order valence-electron chi connectivity index (χ1n) is 4.77. The first kappa shape index (κ1) is 12.5. The molecule has 1 N–H and O–H groups in total. The molecule has 0 atom stereocenters. The van der Waals surface area contributed by atoms with Crippen LogP contribution in [0.4, 0.5) is 11.5 Å². The minimum Gasteiger partial charge on any atom is -0.369 e. The van der Waals surface area contributed by atoms with Crippen LogP contribution >= 0.6 is 11.8 Å². The summed E-state index contributed by atoms with van der Waals surface area (Å²) >= 11 is 1.76. The van der Waals surface area contributed by atoms with E-state index in [4.69, 9.17) is 0 Å². The highest BCUT2D eigenvalue weighted by molar-refractivity contribution is 7.99. The molecule has 0 aliphatic carbocycles. The first-order valence-corrected chi connectivity index (χ1v) is 5.92. The Bertz CT molecular complexity index is 354. The van der Waals surface area contributed by atoms with E-state index in [9.17, 15) is 10.1 Å². The molecule has 1 heterocycles. The SMILES string of the molecule is C=CCSCCNc1ccc([N+](=O)[O-])cn1. The van der Waals surface area contributed by atoms with Gasteiger partial charge in [-0.25, -0.2) is 4.98 Å². The van der Waals surface area contributed by atoms with Gasteiger partial charge in [-0.3, -0.25) is 10.1 Å². The number of anilines is 1. The molecule has 5 nitrogen and oxygen atoms in total. The average molecular weight is 239 g/mol. The van der Waals surface area contributed by atoms with Crippen molar-refractivity contribution in [1.82, 2.24) is 4.98 Å². The number of pyridine rings is 1. The van der Waals surface area contributed by atoms with E-state index >= 15 is 0 Å². The lowest BCUT2D eigenvalue weighted by Gasteiger charge is -2.03. The number of nitro groups is 1. The fourth-order valence-electron chi connectivity index (χ4n) is 1.02. The molecule has 0 aliphatic rings. The van der Waals surface area contributed by atoms with E-state index in [2.05, 4.69) is 16.9 Å². The van der Waals surface area contributed by atoms with Crippen LogP contribution in [0, 0.1) is 10.1 Å². The average Bonchev–Trinajstić information content (AvgIpc) is 2.29. The van der Waals surface area contributed by atoms with Crippen LogP contribution in [0.3, 0.4) is 0 Å². The zero-order chi connectivity index (χ0) is 11.8. The van der Waals surface area contributed by atoms with Crippen LogP contribution < -0.4 is 5.32 Å². The lowest BCUT2D eigenvalue weighted by Crippen LogP contribution is -2.05. The zero-order valence-corrected chi connectivity index (χ0v) is 9.57. The third-order valence-electron chi connectivity index (χ3n) is 1.75. The Morgan fingerprint density at radius 1 is 1.62 bits per heavy atom. The summed E-state index contributed by atoms with van der Waals surface area (Å²) in [5.74, 6) is 2.53. The second-order valence-corrected chi connectivity index (χ2v) is 4.10. The molecule has 0 fully saturated rings. The maximum atomic E-state index is 10.4. The standard InChI is InChI=1S/C10H13N3O2S/c1-2-6-16-7-5-11-10-4-3-9(8-12-10)13(14)15/h2-4,8H,1,5-7H2,(H,11,12). The van der Waals surface area contributed by atoms with Gasteiger partial charge in [-0.2, -0.15) is 11.8 Å². The molecular weight excluding hydrogens is 226 g/mol. The van der Waals surface area contributed by atoms with Gasteiger partial charge in [-0.05, 0) is 6.07 Å². The quantitative estimate of drug-likeness (QED) is 0.342. The maximum Gasteiger partial charge on any atom is 0.287 e. The van der Waals surface area contributed by atoms with Crippen molar-refractivity contribution in [2.24, 2.45) is 0 Å². The van der Waals surface area contributed by atoms with E-state index in [1.54, 1.807) is 17.8 Å². The summed E-state index contributed by atoms with van der Waals surface area (Å²) in [6.45, 7) is 4.41. The Hall–Kier alpha value is -1.56. The van der Waals surface area contributed by atoms with Crippen LogP contribution in [-0.4, -0.2) is 28.0 Å². The monoisotopic (exact) mass is 239 g/mol. The highest BCUT2D eigenvalue weighted by Gasteiger charge is 2.04. The zero-order valence-electron chi connectivity index (χ0n) is 8.76. The number of nitrogens with zero attached hydrogens (tertiary/aromatic N) is 2. The lowest BCUT2D eigenvalue weighted by molar-refractivity contribution is -0.385. The molecule has 1 aromatic heterocycles. The van der Waals surface area contributed by atoms with Gasteiger partial charge in [0, 0.05) is 24.1 Å². The van der Waals surface area contributed by atoms with Crippen molar-refractivity contribution in [2.75, 3.05) is 23.4 Å². The van der Waals surface area contributed by atoms with Gasteiger partial charge >= 0.3 is 0 Å². The molecule has 6 heteroatoms. The summed E-state index contributed by atoms with van der Waals surface area (Å²) in [5, 5.41) is 13.5. The van der Waals surface area contributed by atoms with Gasteiger partial charge in [0.05, 0.1) is 4.92 Å². The third-order valence-corrected chi connectivity index (χ3v) is 2.71. The number of rotatable bonds is 7. The van der Waals surface area contributed by atoms with Crippen molar-refractivity contribution in [3.05, 3.63) is 41.1 Å². The molecule has 0 aliphatic heterocycles. The van der Waals surface area contributed by atoms with Crippen molar-refractivity contribution in [3.63, 3.8) is 0 Å². The molecule has 0 bridgehead atoms. The van der Waals surface area contributed by atoms with Crippen molar-refractivity contribution in [2.45, 2.75) is 0 Å². The summed E-state index contributed by atoms with van der Waals surface area (Å²) in [6.07, 6.45) is 3.11. The van der Waals surface area contributed by atoms with Crippen LogP contribution in [0.5, 0.6) is 0 Å². The largest absolute Gasteiger partial charge is 0.369 e. The van der Waals surface area contributed by atoms with Crippen LogP contribution in [0.25, 0.3) is 0 Å². The Labute approximate surface area is 98.1 Å². The summed E-state index contributed by atoms with van der Waals surface area (Å²) < 4.78 is 0. The van der Waals surface area contributed by atoms with Gasteiger partial charge in [0.1, 0.15) is 12.0 Å². The predicted molar refractivity (Wildman–Crippen MR) is 66.9 cm³/mol. The lowest BCUT2D eigenvalue weighted by atomic mass is 10.4. The predicted octanol–water partition coefficient (Wildman–Crippen LogP) is 2.32. The molecule has 0 saturated heterocycles. The van der Waals surface area contributed by atoms with Crippen LogP contribution in [0.15, 0.2) is 31.0 Å². The summed E-state index contributed by atoms with van der Waals surface area (Å²) in [5.41, 5.74) is 0.00609. The van der Waals surface area contributed by atoms with Gasteiger partial charge in [-0.15, -0.1) is 6.58 Å². The van der Waals surface area contributed by atoms with E-state index in [1.807, 2.05) is 6.08 Å². The molecular formula is C10H13N3O2S. The first-order chi connectivity index (χ1) is 7.74. The molecule has 0 saturated carbocycles. The molecule has 1 aromatic rings. The number of hydrogen-bond acceptors (Lipinski definition) is 5. The van der Waals surface area contributed by atoms with E-state index in [0.717, 1.165) is 18.1 Å². The van der Waals surface area contributed by atoms with E-state index in [-0.39, 0.29) is 5.69 Å². The molecule has 0 amide bonds. The number of hydrogen-bond donors (Lipinski definition) is 1. The number of thioether (sulfide) groups is 1. The normalized spacial score (nSPS) is 9.75. The Balaban J connectivity index is 2.32. The highest BCUT2D eigenvalue weighted by Crippen LogP contribution is 2.11.